The Bertz CT molecular complexity index is 1220. The maximum absolute atomic E-state index is 13.2. The van der Waals surface area contributed by atoms with E-state index in [0.29, 0.717) is 46.0 Å². The number of hydrogen-bond donors (Lipinski definition) is 1. The lowest BCUT2D eigenvalue weighted by molar-refractivity contribution is -0.122. The van der Waals surface area contributed by atoms with E-state index in [2.05, 4.69) is 15.3 Å². The number of fused-ring (bicyclic) bond motifs is 1. The van der Waals surface area contributed by atoms with Gasteiger partial charge in [0.2, 0.25) is 0 Å². The number of carbonyl (C=O) groups excluding carboxylic acids is 1. The number of thiocarbonyl (C=S) groups is 1. The number of thioether (sulfide) groups is 1. The maximum Gasteiger partial charge on any atom is 0.267 e. The molecule has 0 unspecified atom stereocenters. The molecule has 1 fully saturated rings. The third kappa shape index (κ3) is 4.74. The van der Waals surface area contributed by atoms with Gasteiger partial charge in [-0.25, -0.2) is 9.97 Å². The predicted molar refractivity (Wildman–Crippen MR) is 129 cm³/mol. The van der Waals surface area contributed by atoms with Crippen molar-refractivity contribution in [1.82, 2.24) is 23.8 Å². The fourth-order valence-electron chi connectivity index (χ4n) is 3.26. The van der Waals surface area contributed by atoms with Crippen LogP contribution >= 0.6 is 24.0 Å². The van der Waals surface area contributed by atoms with Crippen molar-refractivity contribution in [1.29, 1.82) is 0 Å². The average molecular weight is 471 g/mol. The Morgan fingerprint density at radius 2 is 2.12 bits per heavy atom. The molecule has 166 valence electrons. The first-order valence-electron chi connectivity index (χ1n) is 10.0. The second-order valence-corrected chi connectivity index (χ2v) is 8.69. The normalized spacial score (nSPS) is 15.3. The standard InChI is InChI=1S/C21H22N6O3S2/c1-30-12-11-27-20(29)16(32-21(27)31)13-15-18(23-6-4-8-25-10-7-22-14-25)24-17-5-2-3-9-26(17)19(15)28/h2-3,5,7,9-10,13-14,23H,4,6,8,11-12H2,1H3/b16-13+. The number of pyridine rings is 1. The van der Waals surface area contributed by atoms with E-state index in [4.69, 9.17) is 17.0 Å². The second kappa shape index (κ2) is 10.1. The van der Waals surface area contributed by atoms with Gasteiger partial charge in [-0.2, -0.15) is 0 Å². The molecule has 1 N–H and O–H groups in total. The fourth-order valence-corrected chi connectivity index (χ4v) is 4.55. The van der Waals surface area contributed by atoms with E-state index in [1.807, 2.05) is 16.8 Å². The minimum absolute atomic E-state index is 0.235. The number of aromatic nitrogens is 4. The monoisotopic (exact) mass is 470 g/mol. The minimum atomic E-state index is -0.255. The molecular weight excluding hydrogens is 448 g/mol. The lowest BCUT2D eigenvalue weighted by Crippen LogP contribution is -2.31. The van der Waals surface area contributed by atoms with Gasteiger partial charge in [0, 0.05) is 38.8 Å². The molecule has 1 saturated heterocycles. The summed E-state index contributed by atoms with van der Waals surface area (Å²) in [5.74, 6) is 0.203. The van der Waals surface area contributed by atoms with Crippen LogP contribution in [0.2, 0.25) is 0 Å². The Morgan fingerprint density at radius 1 is 1.25 bits per heavy atom. The van der Waals surface area contributed by atoms with Gasteiger partial charge in [0.1, 0.15) is 15.8 Å². The molecule has 3 aromatic heterocycles. The lowest BCUT2D eigenvalue weighted by atomic mass is 10.2. The molecule has 1 aliphatic heterocycles. The molecule has 0 aliphatic carbocycles. The van der Waals surface area contributed by atoms with Crippen molar-refractivity contribution in [2.45, 2.75) is 13.0 Å². The van der Waals surface area contributed by atoms with Crippen LogP contribution < -0.4 is 10.9 Å². The number of anilines is 1. The van der Waals surface area contributed by atoms with E-state index in [0.717, 1.165) is 13.0 Å². The highest BCUT2D eigenvalue weighted by Gasteiger charge is 2.32. The predicted octanol–water partition coefficient (Wildman–Crippen LogP) is 2.24. The van der Waals surface area contributed by atoms with Crippen LogP contribution in [-0.2, 0) is 16.1 Å². The lowest BCUT2D eigenvalue weighted by Gasteiger charge is -2.13. The Labute approximate surface area is 194 Å². The summed E-state index contributed by atoms with van der Waals surface area (Å²) in [6.45, 7) is 2.13. The molecule has 9 nitrogen and oxygen atoms in total. The van der Waals surface area contributed by atoms with Crippen molar-refractivity contribution in [3.63, 3.8) is 0 Å². The van der Waals surface area contributed by atoms with Gasteiger partial charge >= 0.3 is 0 Å². The van der Waals surface area contributed by atoms with Crippen LogP contribution in [0.4, 0.5) is 5.82 Å². The van der Waals surface area contributed by atoms with Crippen LogP contribution in [0.25, 0.3) is 11.7 Å². The SMILES string of the molecule is COCCN1C(=O)/C(=C\c2c(NCCCn3ccnc3)nc3ccccn3c2=O)SC1=S. The Morgan fingerprint density at radius 3 is 2.91 bits per heavy atom. The Kier molecular flexibility index (Phi) is 6.98. The second-order valence-electron chi connectivity index (χ2n) is 7.02. The molecule has 1 amide bonds. The summed E-state index contributed by atoms with van der Waals surface area (Å²) in [7, 11) is 1.57. The van der Waals surface area contributed by atoms with Crippen LogP contribution in [0.1, 0.15) is 12.0 Å². The smallest absolute Gasteiger partial charge is 0.267 e. The topological polar surface area (TPSA) is 93.8 Å². The van der Waals surface area contributed by atoms with E-state index >= 15 is 0 Å². The molecular formula is C21H22N6O3S2. The van der Waals surface area contributed by atoms with E-state index in [1.54, 1.807) is 44.0 Å². The van der Waals surface area contributed by atoms with E-state index in [9.17, 15) is 9.59 Å². The number of nitrogens with one attached hydrogen (secondary N) is 1. The molecule has 32 heavy (non-hydrogen) atoms. The number of rotatable bonds is 9. The summed E-state index contributed by atoms with van der Waals surface area (Å²) >= 11 is 6.52. The molecule has 4 heterocycles. The summed E-state index contributed by atoms with van der Waals surface area (Å²) in [5, 5.41) is 3.26. The first-order valence-corrected chi connectivity index (χ1v) is 11.3. The summed E-state index contributed by atoms with van der Waals surface area (Å²) < 4.78 is 8.96. The Balaban J connectivity index is 1.63. The Hall–Kier alpha value is -3.02. The van der Waals surface area contributed by atoms with Crippen molar-refractivity contribution >= 4 is 51.7 Å². The molecule has 0 atom stereocenters. The summed E-state index contributed by atoms with van der Waals surface area (Å²) in [5.41, 5.74) is 0.595. The van der Waals surface area contributed by atoms with Crippen molar-refractivity contribution in [2.24, 2.45) is 0 Å². The zero-order valence-electron chi connectivity index (χ0n) is 17.4. The fraction of sp³-hybridized carbons (Fsp3) is 0.286. The molecule has 1 aliphatic rings. The highest BCUT2D eigenvalue weighted by atomic mass is 32.2. The minimum Gasteiger partial charge on any atom is -0.383 e. The van der Waals surface area contributed by atoms with Gasteiger partial charge in [-0.3, -0.25) is 18.9 Å². The third-order valence-corrected chi connectivity index (χ3v) is 6.26. The number of carbonyl (C=O) groups is 1. The molecule has 4 rings (SSSR count). The van der Waals surface area contributed by atoms with Gasteiger partial charge in [-0.05, 0) is 24.6 Å². The maximum atomic E-state index is 13.2. The number of ether oxygens (including phenoxy) is 1. The van der Waals surface area contributed by atoms with Gasteiger partial charge in [-0.1, -0.05) is 30.0 Å². The van der Waals surface area contributed by atoms with Gasteiger partial charge in [-0.15, -0.1) is 0 Å². The first kappa shape index (κ1) is 22.2. The van der Waals surface area contributed by atoms with E-state index in [1.165, 1.54) is 21.1 Å². The van der Waals surface area contributed by atoms with Crippen LogP contribution in [0.5, 0.6) is 0 Å². The molecule has 3 aromatic rings. The van der Waals surface area contributed by atoms with Crippen LogP contribution in [0, 0.1) is 0 Å². The molecule has 0 radical (unpaired) electrons. The van der Waals surface area contributed by atoms with Crippen molar-refractivity contribution in [3.8, 4) is 0 Å². The van der Waals surface area contributed by atoms with Gasteiger partial charge < -0.3 is 14.6 Å². The highest BCUT2D eigenvalue weighted by molar-refractivity contribution is 8.26. The highest BCUT2D eigenvalue weighted by Crippen LogP contribution is 2.32. The quantitative estimate of drug-likeness (QED) is 0.289. The van der Waals surface area contributed by atoms with E-state index in [-0.39, 0.29) is 11.5 Å². The van der Waals surface area contributed by atoms with E-state index < -0.39 is 0 Å². The van der Waals surface area contributed by atoms with Crippen molar-refractivity contribution in [2.75, 3.05) is 32.1 Å². The number of nitrogens with zero attached hydrogens (tertiary/aromatic N) is 5. The summed E-state index contributed by atoms with van der Waals surface area (Å²) in [6.07, 6.45) is 9.45. The van der Waals surface area contributed by atoms with Crippen molar-refractivity contribution < 1.29 is 9.53 Å². The molecule has 0 bridgehead atoms. The van der Waals surface area contributed by atoms with Crippen LogP contribution in [0.3, 0.4) is 0 Å². The zero-order chi connectivity index (χ0) is 22.5. The number of aryl methyl sites for hydroxylation is 1. The third-order valence-electron chi connectivity index (χ3n) is 4.88. The summed E-state index contributed by atoms with van der Waals surface area (Å²) in [4.78, 5) is 36.6. The molecule has 0 aromatic carbocycles. The first-order chi connectivity index (χ1) is 15.6. The number of amides is 1. The summed E-state index contributed by atoms with van der Waals surface area (Å²) in [6, 6.07) is 5.36. The molecule has 0 spiro atoms. The van der Waals surface area contributed by atoms with Crippen LogP contribution in [-0.4, -0.2) is 60.9 Å². The zero-order valence-corrected chi connectivity index (χ0v) is 19.1. The van der Waals surface area contributed by atoms with Crippen molar-refractivity contribution in [3.05, 3.63) is 63.9 Å². The molecule has 11 heteroatoms. The number of imidazole rings is 1. The van der Waals surface area contributed by atoms with Gasteiger partial charge in [0.15, 0.2) is 0 Å². The molecule has 0 saturated carbocycles. The van der Waals surface area contributed by atoms with Gasteiger partial charge in [0.25, 0.3) is 11.5 Å². The number of methoxy groups -OCH3 is 1. The number of hydrogen-bond acceptors (Lipinski definition) is 8. The van der Waals surface area contributed by atoms with Gasteiger partial charge in [0.05, 0.1) is 29.9 Å². The average Bonchev–Trinajstić information content (AvgIpc) is 3.40. The van der Waals surface area contributed by atoms with Crippen LogP contribution in [0.15, 0.2) is 52.8 Å². The largest absolute Gasteiger partial charge is 0.383 e.